The van der Waals surface area contributed by atoms with Gasteiger partial charge in [-0.15, -0.1) is 0 Å². The zero-order chi connectivity index (χ0) is 21.1. The van der Waals surface area contributed by atoms with E-state index >= 15 is 0 Å². The van der Waals surface area contributed by atoms with Gasteiger partial charge in [-0.05, 0) is 43.5 Å². The Kier molecular flexibility index (Phi) is 6.26. The van der Waals surface area contributed by atoms with E-state index in [9.17, 15) is 0 Å². The normalized spacial score (nSPS) is 14.4. The monoisotopic (exact) mass is 418 g/mol. The summed E-state index contributed by atoms with van der Waals surface area (Å²) in [6, 6.07) is 22.6. The van der Waals surface area contributed by atoms with Crippen molar-refractivity contribution >= 4 is 8.32 Å². The van der Waals surface area contributed by atoms with Crippen LogP contribution >= 0.6 is 0 Å². The molecule has 0 unspecified atom stereocenters. The van der Waals surface area contributed by atoms with Gasteiger partial charge in [0.15, 0.2) is 8.32 Å². The molecule has 4 rings (SSSR count). The van der Waals surface area contributed by atoms with E-state index in [4.69, 9.17) is 9.52 Å². The number of hydrogen-bond donors (Lipinski definition) is 0. The van der Waals surface area contributed by atoms with Gasteiger partial charge in [0.2, 0.25) is 0 Å². The maximum atomic E-state index is 6.44. The minimum atomic E-state index is -1.62. The summed E-state index contributed by atoms with van der Waals surface area (Å²) in [5.41, 5.74) is 6.25. The fourth-order valence-electron chi connectivity index (χ4n) is 4.56. The number of benzene rings is 2. The van der Waals surface area contributed by atoms with E-state index in [1.165, 1.54) is 41.3 Å². The lowest BCUT2D eigenvalue weighted by Crippen LogP contribution is -2.33. The number of aromatic nitrogens is 2. The third-order valence-electron chi connectivity index (χ3n) is 5.76. The van der Waals surface area contributed by atoms with E-state index in [1.54, 1.807) is 0 Å². The average molecular weight is 419 g/mol. The van der Waals surface area contributed by atoms with Crippen LogP contribution in [0.25, 0.3) is 22.4 Å². The summed E-state index contributed by atoms with van der Waals surface area (Å²) in [7, 11) is -1.62. The second-order valence-electron chi connectivity index (χ2n) is 9.54. The van der Waals surface area contributed by atoms with Gasteiger partial charge in [0, 0.05) is 17.0 Å². The summed E-state index contributed by atoms with van der Waals surface area (Å²) in [4.78, 5) is 0. The quantitative estimate of drug-likeness (QED) is 0.351. The molecule has 158 valence electrons. The highest BCUT2D eigenvalue weighted by Crippen LogP contribution is 2.47. The highest BCUT2D eigenvalue weighted by atomic mass is 28.4. The van der Waals surface area contributed by atoms with Crippen molar-refractivity contribution in [2.45, 2.75) is 58.3 Å². The Balaban J connectivity index is 1.68. The minimum Gasteiger partial charge on any atom is -0.415 e. The molecule has 0 saturated heterocycles. The number of rotatable bonds is 9. The summed E-state index contributed by atoms with van der Waals surface area (Å²) in [5.74, 6) is 1.30. The van der Waals surface area contributed by atoms with Gasteiger partial charge in [-0.1, -0.05) is 74.5 Å². The first-order chi connectivity index (χ1) is 14.4. The lowest BCUT2D eigenvalue weighted by atomic mass is 9.97. The fraction of sp³-hybridized carbons (Fsp3) is 0.423. The second-order valence-corrected chi connectivity index (χ2v) is 13.8. The molecular weight excluding hydrogens is 384 g/mol. The van der Waals surface area contributed by atoms with Crippen LogP contribution in [0.15, 0.2) is 60.7 Å². The Morgan fingerprint density at radius 2 is 1.57 bits per heavy atom. The molecule has 1 aromatic heterocycles. The molecule has 0 radical (unpaired) electrons. The highest BCUT2D eigenvalue weighted by molar-refractivity contribution is 6.71. The van der Waals surface area contributed by atoms with Crippen molar-refractivity contribution in [3.8, 4) is 22.4 Å². The van der Waals surface area contributed by atoms with Gasteiger partial charge >= 0.3 is 0 Å². The van der Waals surface area contributed by atoms with E-state index in [1.807, 2.05) is 0 Å². The Labute approximate surface area is 182 Å². The molecule has 0 atom stereocenters. The standard InChI is InChI=1S/C26H34N2OSi/c1-20(2)19-30(3,4)29-18-17-28-26(23-15-16-23)24(21-11-7-5-8-12-21)25(27-28)22-13-9-6-10-14-22/h5-14,20,23H,15-19H2,1-4H3. The van der Waals surface area contributed by atoms with Crippen molar-refractivity contribution in [3.05, 3.63) is 66.4 Å². The maximum absolute atomic E-state index is 6.44. The molecule has 1 saturated carbocycles. The van der Waals surface area contributed by atoms with Crippen LogP contribution in [0.1, 0.15) is 38.3 Å². The van der Waals surface area contributed by atoms with Crippen LogP contribution in [-0.2, 0) is 11.0 Å². The van der Waals surface area contributed by atoms with Crippen molar-refractivity contribution in [1.82, 2.24) is 9.78 Å². The lowest BCUT2D eigenvalue weighted by Gasteiger charge is -2.25. The minimum absolute atomic E-state index is 0.617. The zero-order valence-electron chi connectivity index (χ0n) is 18.8. The Morgan fingerprint density at radius 3 is 2.13 bits per heavy atom. The summed E-state index contributed by atoms with van der Waals surface area (Å²) >= 11 is 0. The first-order valence-electron chi connectivity index (χ1n) is 11.3. The first-order valence-corrected chi connectivity index (χ1v) is 14.4. The molecule has 0 amide bonds. The Hall–Kier alpha value is -2.17. The topological polar surface area (TPSA) is 27.1 Å². The largest absolute Gasteiger partial charge is 0.415 e. The molecule has 1 aliphatic rings. The van der Waals surface area contributed by atoms with Crippen LogP contribution < -0.4 is 0 Å². The molecule has 1 heterocycles. The summed E-state index contributed by atoms with van der Waals surface area (Å²) in [6.45, 7) is 10.8. The van der Waals surface area contributed by atoms with E-state index in [2.05, 4.69) is 92.3 Å². The number of nitrogens with zero attached hydrogens (tertiary/aromatic N) is 2. The van der Waals surface area contributed by atoms with Crippen LogP contribution in [0.3, 0.4) is 0 Å². The van der Waals surface area contributed by atoms with Gasteiger partial charge in [-0.3, -0.25) is 4.68 Å². The molecule has 3 aromatic rings. The SMILES string of the molecule is CC(C)C[Si](C)(C)OCCn1nc(-c2ccccc2)c(-c2ccccc2)c1C1CC1. The molecule has 0 aliphatic heterocycles. The smallest absolute Gasteiger partial charge is 0.187 e. The molecule has 2 aromatic carbocycles. The third-order valence-corrected chi connectivity index (χ3v) is 8.55. The Bertz CT molecular complexity index is 959. The molecule has 0 N–H and O–H groups in total. The summed E-state index contributed by atoms with van der Waals surface area (Å²) in [6.07, 6.45) is 2.52. The number of hydrogen-bond acceptors (Lipinski definition) is 2. The van der Waals surface area contributed by atoms with Gasteiger partial charge in [0.1, 0.15) is 5.69 Å². The van der Waals surface area contributed by atoms with Crippen LogP contribution in [-0.4, -0.2) is 24.7 Å². The van der Waals surface area contributed by atoms with E-state index in [-0.39, 0.29) is 0 Å². The van der Waals surface area contributed by atoms with Crippen LogP contribution in [0.4, 0.5) is 0 Å². The predicted molar refractivity (Wildman–Crippen MR) is 128 cm³/mol. The molecule has 1 aliphatic carbocycles. The molecule has 3 nitrogen and oxygen atoms in total. The molecule has 4 heteroatoms. The second kappa shape index (κ2) is 8.91. The van der Waals surface area contributed by atoms with Gasteiger partial charge in [-0.2, -0.15) is 5.10 Å². The lowest BCUT2D eigenvalue weighted by molar-refractivity contribution is 0.276. The van der Waals surface area contributed by atoms with E-state index < -0.39 is 8.32 Å². The molecule has 0 bridgehead atoms. The molecule has 1 fully saturated rings. The molecular formula is C26H34N2OSi. The van der Waals surface area contributed by atoms with Gasteiger partial charge in [0.05, 0.1) is 18.8 Å². The van der Waals surface area contributed by atoms with Crippen LogP contribution in [0.2, 0.25) is 19.1 Å². The highest BCUT2D eigenvalue weighted by Gasteiger charge is 2.33. The van der Waals surface area contributed by atoms with Gasteiger partial charge in [0.25, 0.3) is 0 Å². The van der Waals surface area contributed by atoms with Crippen molar-refractivity contribution in [1.29, 1.82) is 0 Å². The summed E-state index contributed by atoms with van der Waals surface area (Å²) in [5, 5.41) is 5.15. The predicted octanol–water partition coefficient (Wildman–Crippen LogP) is 6.97. The van der Waals surface area contributed by atoms with Gasteiger partial charge in [-0.25, -0.2) is 0 Å². The fourth-order valence-corrected chi connectivity index (χ4v) is 7.28. The van der Waals surface area contributed by atoms with Crippen molar-refractivity contribution < 1.29 is 4.43 Å². The third kappa shape index (κ3) is 4.93. The van der Waals surface area contributed by atoms with E-state index in [0.717, 1.165) is 18.8 Å². The van der Waals surface area contributed by atoms with Crippen molar-refractivity contribution in [2.24, 2.45) is 5.92 Å². The molecule has 0 spiro atoms. The maximum Gasteiger partial charge on any atom is 0.187 e. The molecule has 30 heavy (non-hydrogen) atoms. The zero-order valence-corrected chi connectivity index (χ0v) is 19.8. The Morgan fingerprint density at radius 1 is 0.967 bits per heavy atom. The average Bonchev–Trinajstić information content (AvgIpc) is 3.49. The van der Waals surface area contributed by atoms with Gasteiger partial charge < -0.3 is 4.43 Å². The van der Waals surface area contributed by atoms with E-state index in [0.29, 0.717) is 11.8 Å². The van der Waals surface area contributed by atoms with Crippen LogP contribution in [0.5, 0.6) is 0 Å². The summed E-state index contributed by atoms with van der Waals surface area (Å²) < 4.78 is 8.69. The van der Waals surface area contributed by atoms with Crippen molar-refractivity contribution in [3.63, 3.8) is 0 Å². The van der Waals surface area contributed by atoms with Crippen molar-refractivity contribution in [2.75, 3.05) is 6.61 Å². The first kappa shape index (κ1) is 21.1. The van der Waals surface area contributed by atoms with Crippen LogP contribution in [0, 0.1) is 5.92 Å².